The summed E-state index contributed by atoms with van der Waals surface area (Å²) in [5, 5.41) is 24.8. The predicted octanol–water partition coefficient (Wildman–Crippen LogP) is 10.9. The lowest BCUT2D eigenvalue weighted by Gasteiger charge is -2.04. The molecule has 6 aromatic carbocycles. The highest BCUT2D eigenvalue weighted by Crippen LogP contribution is 2.40. The molecule has 0 saturated carbocycles. The van der Waals surface area contributed by atoms with Gasteiger partial charge in [-0.1, -0.05) is 84.9 Å². The van der Waals surface area contributed by atoms with E-state index in [2.05, 4.69) is 9.97 Å². The van der Waals surface area contributed by atoms with Crippen LogP contribution in [0.15, 0.2) is 150 Å². The molecule has 11 heteroatoms. The molecule has 0 fully saturated rings. The van der Waals surface area contributed by atoms with Gasteiger partial charge in [-0.3, -0.25) is 20.2 Å². The molecule has 0 bridgehead atoms. The zero-order valence-electron chi connectivity index (χ0n) is 27.7. The summed E-state index contributed by atoms with van der Waals surface area (Å²) in [6, 6.07) is 44.3. The Hall–Kier alpha value is -7.66. The van der Waals surface area contributed by atoms with Crippen LogP contribution in [-0.2, 0) is 0 Å². The summed E-state index contributed by atoms with van der Waals surface area (Å²) in [5.74, 6) is 1.02. The molecule has 9 rings (SSSR count). The molecule has 0 unspecified atom stereocenters. The number of imidazole rings is 2. The van der Waals surface area contributed by atoms with Crippen molar-refractivity contribution >= 4 is 33.3 Å². The van der Waals surface area contributed by atoms with Crippen LogP contribution in [0.2, 0.25) is 0 Å². The number of nitrogens with one attached hydrogen (secondary N) is 2. The van der Waals surface area contributed by atoms with Crippen molar-refractivity contribution in [1.29, 1.82) is 0 Å². The fourth-order valence-electron chi connectivity index (χ4n) is 6.67. The fourth-order valence-corrected chi connectivity index (χ4v) is 6.67. The molecule has 9 aromatic rings. The van der Waals surface area contributed by atoms with Gasteiger partial charge < -0.3 is 14.4 Å². The van der Waals surface area contributed by atoms with Crippen LogP contribution in [0.1, 0.15) is 0 Å². The number of nitro groups is 2. The molecule has 53 heavy (non-hydrogen) atoms. The van der Waals surface area contributed by atoms with Gasteiger partial charge in [0.15, 0.2) is 0 Å². The first-order valence-electron chi connectivity index (χ1n) is 16.7. The largest absolute Gasteiger partial charge is 0.456 e. The van der Waals surface area contributed by atoms with Gasteiger partial charge in [-0.15, -0.1) is 0 Å². The molecular formula is C42H26N6O5. The van der Waals surface area contributed by atoms with Crippen molar-refractivity contribution in [2.45, 2.75) is 0 Å². The number of H-pyrrole nitrogens is 2. The van der Waals surface area contributed by atoms with E-state index in [1.54, 1.807) is 24.3 Å². The van der Waals surface area contributed by atoms with Crippen LogP contribution in [0.4, 0.5) is 11.4 Å². The number of nitro benzene ring substituents is 2. The van der Waals surface area contributed by atoms with Gasteiger partial charge in [-0.05, 0) is 36.4 Å². The molecule has 0 aliphatic heterocycles. The molecule has 3 heterocycles. The number of benzene rings is 6. The second-order valence-corrected chi connectivity index (χ2v) is 12.5. The third kappa shape index (κ3) is 5.68. The number of non-ortho nitro benzene ring substituents is 2. The maximum absolute atomic E-state index is 11.5. The van der Waals surface area contributed by atoms with Crippen molar-refractivity contribution < 1.29 is 14.3 Å². The fraction of sp³-hybridized carbons (Fsp3) is 0. The van der Waals surface area contributed by atoms with Crippen LogP contribution in [0.25, 0.3) is 89.7 Å². The number of hydrogen-bond acceptors (Lipinski definition) is 7. The van der Waals surface area contributed by atoms with Gasteiger partial charge >= 0.3 is 0 Å². The standard InChI is InChI=1S/C42H26N6O5/c49-47(50)31-15-7-13-29(21-31)41-43-37(25-9-3-1-4-10-25)39(45-41)27-17-19-35-33(23-27)34-24-28(18-20-36(34)53-35)40-38(26-11-5-2-6-12-26)44-42(46-40)30-14-8-16-32(22-30)48(51)52/h1-24H,(H,43,45)(H,44,46). The van der Waals surface area contributed by atoms with E-state index < -0.39 is 9.85 Å². The minimum absolute atomic E-state index is 0.0201. The number of aromatic amines is 2. The quantitative estimate of drug-likeness (QED) is 0.118. The van der Waals surface area contributed by atoms with E-state index in [1.165, 1.54) is 24.3 Å². The third-order valence-corrected chi connectivity index (χ3v) is 9.21. The molecular weight excluding hydrogens is 668 g/mol. The first-order chi connectivity index (χ1) is 25.9. The van der Waals surface area contributed by atoms with E-state index in [0.717, 1.165) is 44.4 Å². The number of hydrogen-bond donors (Lipinski definition) is 2. The zero-order valence-corrected chi connectivity index (χ0v) is 27.7. The summed E-state index contributed by atoms with van der Waals surface area (Å²) in [6.45, 7) is 0. The highest BCUT2D eigenvalue weighted by atomic mass is 16.6. The molecule has 0 spiro atoms. The first-order valence-corrected chi connectivity index (χ1v) is 16.7. The van der Waals surface area contributed by atoms with Gasteiger partial charge in [-0.25, -0.2) is 9.97 Å². The minimum Gasteiger partial charge on any atom is -0.456 e. The molecule has 0 saturated heterocycles. The minimum atomic E-state index is -0.419. The van der Waals surface area contributed by atoms with E-state index in [0.29, 0.717) is 45.3 Å². The normalized spacial score (nSPS) is 11.3. The second-order valence-electron chi connectivity index (χ2n) is 12.5. The highest BCUT2D eigenvalue weighted by Gasteiger charge is 2.21. The lowest BCUT2D eigenvalue weighted by molar-refractivity contribution is -0.385. The number of rotatable bonds is 8. The Labute approximate surface area is 300 Å². The number of furan rings is 1. The van der Waals surface area contributed by atoms with Crippen molar-refractivity contribution in [1.82, 2.24) is 19.9 Å². The predicted molar refractivity (Wildman–Crippen MR) is 204 cm³/mol. The van der Waals surface area contributed by atoms with Crippen LogP contribution >= 0.6 is 0 Å². The summed E-state index contributed by atoms with van der Waals surface area (Å²) in [6.07, 6.45) is 0. The maximum atomic E-state index is 11.5. The summed E-state index contributed by atoms with van der Waals surface area (Å²) >= 11 is 0. The van der Waals surface area contributed by atoms with Crippen molar-refractivity contribution in [3.8, 4) is 67.8 Å². The van der Waals surface area contributed by atoms with E-state index in [9.17, 15) is 20.2 Å². The summed E-state index contributed by atoms with van der Waals surface area (Å²) in [4.78, 5) is 39.1. The second kappa shape index (κ2) is 12.6. The van der Waals surface area contributed by atoms with Crippen LogP contribution in [0.5, 0.6) is 0 Å². The topological polar surface area (TPSA) is 157 Å². The Bertz CT molecular complexity index is 2660. The molecule has 0 atom stereocenters. The molecule has 11 nitrogen and oxygen atoms in total. The summed E-state index contributed by atoms with van der Waals surface area (Å²) in [7, 11) is 0. The Kier molecular flexibility index (Phi) is 7.44. The van der Waals surface area contributed by atoms with Gasteiger partial charge in [0.1, 0.15) is 22.8 Å². The maximum Gasteiger partial charge on any atom is 0.270 e. The van der Waals surface area contributed by atoms with Gasteiger partial charge in [0.25, 0.3) is 11.4 Å². The van der Waals surface area contributed by atoms with Gasteiger partial charge in [0, 0.05) is 68.4 Å². The average molecular weight is 695 g/mol. The lowest BCUT2D eigenvalue weighted by Crippen LogP contribution is -1.89. The third-order valence-electron chi connectivity index (χ3n) is 9.21. The monoisotopic (exact) mass is 694 g/mol. The molecule has 0 aliphatic rings. The number of nitrogens with zero attached hydrogens (tertiary/aromatic N) is 4. The van der Waals surface area contributed by atoms with Crippen molar-refractivity contribution in [2.75, 3.05) is 0 Å². The van der Waals surface area contributed by atoms with Crippen molar-refractivity contribution in [3.63, 3.8) is 0 Å². The van der Waals surface area contributed by atoms with E-state index in [-0.39, 0.29) is 11.4 Å². The first kappa shape index (κ1) is 31.3. The zero-order chi connectivity index (χ0) is 36.1. The van der Waals surface area contributed by atoms with Crippen molar-refractivity contribution in [2.24, 2.45) is 0 Å². The van der Waals surface area contributed by atoms with E-state index >= 15 is 0 Å². The summed E-state index contributed by atoms with van der Waals surface area (Å²) < 4.78 is 6.30. The highest BCUT2D eigenvalue weighted by molar-refractivity contribution is 6.08. The molecule has 3 aromatic heterocycles. The van der Waals surface area contributed by atoms with Crippen LogP contribution in [0, 0.1) is 20.2 Å². The summed E-state index contributed by atoms with van der Waals surface area (Å²) in [5.41, 5.74) is 8.95. The molecule has 2 N–H and O–H groups in total. The van der Waals surface area contributed by atoms with Crippen LogP contribution in [0.3, 0.4) is 0 Å². The van der Waals surface area contributed by atoms with Crippen molar-refractivity contribution in [3.05, 3.63) is 166 Å². The molecule has 0 aliphatic carbocycles. The van der Waals surface area contributed by atoms with Gasteiger partial charge in [0.2, 0.25) is 0 Å². The Morgan fingerprint density at radius 2 is 0.868 bits per heavy atom. The van der Waals surface area contributed by atoms with E-state index in [4.69, 9.17) is 14.4 Å². The van der Waals surface area contributed by atoms with Crippen LogP contribution < -0.4 is 0 Å². The Morgan fingerprint density at radius 3 is 1.28 bits per heavy atom. The van der Waals surface area contributed by atoms with Crippen LogP contribution in [-0.4, -0.2) is 29.8 Å². The smallest absolute Gasteiger partial charge is 0.270 e. The Morgan fingerprint density at radius 1 is 0.453 bits per heavy atom. The molecule has 254 valence electrons. The SMILES string of the molecule is O=[N+]([O-])c1cccc(-c2nc(-c3ccc4oc5ccc(-c6nc(-c7cccc([N+](=O)[O-])c7)[nH]c6-c6ccccc6)cc5c4c3)c(-c3ccccc3)[nH]2)c1. The number of aromatic nitrogens is 4. The molecule has 0 amide bonds. The van der Waals surface area contributed by atoms with Gasteiger partial charge in [0.05, 0.1) is 32.6 Å². The lowest BCUT2D eigenvalue weighted by atomic mass is 10.0. The van der Waals surface area contributed by atoms with E-state index in [1.807, 2.05) is 97.1 Å². The average Bonchev–Trinajstić information content (AvgIpc) is 3.94. The Balaban J connectivity index is 1.19. The molecule has 0 radical (unpaired) electrons. The van der Waals surface area contributed by atoms with Gasteiger partial charge in [-0.2, -0.15) is 0 Å². The number of fused-ring (bicyclic) bond motifs is 3.